The smallest absolute Gasteiger partial charge is 0.251 e. The highest BCUT2D eigenvalue weighted by atomic mass is 35.5. The van der Waals surface area contributed by atoms with Gasteiger partial charge in [-0.1, -0.05) is 37.0 Å². The van der Waals surface area contributed by atoms with Gasteiger partial charge in [0, 0.05) is 23.6 Å². The molecule has 1 saturated carbocycles. The molecule has 2 rings (SSSR count). The fourth-order valence-corrected chi connectivity index (χ4v) is 2.93. The van der Waals surface area contributed by atoms with E-state index in [0.717, 1.165) is 6.42 Å². The molecule has 2 unspecified atom stereocenters. The second-order valence-electron chi connectivity index (χ2n) is 5.89. The third-order valence-corrected chi connectivity index (χ3v) is 4.99. The zero-order valence-electron chi connectivity index (χ0n) is 12.4. The maximum atomic E-state index is 12.3. The number of rotatable bonds is 4. The quantitative estimate of drug-likeness (QED) is 0.830. The zero-order valence-corrected chi connectivity index (χ0v) is 13.9. The second kappa shape index (κ2) is 6.03. The highest BCUT2D eigenvalue weighted by Crippen LogP contribution is 2.43. The first-order chi connectivity index (χ1) is 9.77. The van der Waals surface area contributed by atoms with Gasteiger partial charge in [0.05, 0.1) is 21.8 Å². The number of nitrogens with two attached hydrogens (primary N) is 1. The van der Waals surface area contributed by atoms with Crippen molar-refractivity contribution in [2.45, 2.75) is 39.3 Å². The van der Waals surface area contributed by atoms with Crippen molar-refractivity contribution < 1.29 is 9.53 Å². The van der Waals surface area contributed by atoms with Crippen LogP contribution in [0.1, 0.15) is 37.6 Å². The third kappa shape index (κ3) is 3.12. The van der Waals surface area contributed by atoms with Gasteiger partial charge in [0.2, 0.25) is 0 Å². The van der Waals surface area contributed by atoms with Gasteiger partial charge in [-0.3, -0.25) is 4.79 Å². The van der Waals surface area contributed by atoms with Crippen LogP contribution in [0.4, 0.5) is 5.69 Å². The van der Waals surface area contributed by atoms with Gasteiger partial charge in [0.1, 0.15) is 0 Å². The molecule has 0 spiro atoms. The summed E-state index contributed by atoms with van der Waals surface area (Å²) in [5, 5.41) is 3.56. The molecule has 2 atom stereocenters. The molecule has 0 aromatic heterocycles. The summed E-state index contributed by atoms with van der Waals surface area (Å²) in [6.07, 6.45) is 0.982. The monoisotopic (exact) mass is 330 g/mol. The van der Waals surface area contributed by atoms with E-state index in [9.17, 15) is 4.79 Å². The van der Waals surface area contributed by atoms with Gasteiger partial charge in [-0.2, -0.15) is 0 Å². The molecule has 21 heavy (non-hydrogen) atoms. The Kier molecular flexibility index (Phi) is 4.71. The van der Waals surface area contributed by atoms with Crippen molar-refractivity contribution in [1.82, 2.24) is 5.32 Å². The van der Waals surface area contributed by atoms with Gasteiger partial charge in [0.15, 0.2) is 0 Å². The van der Waals surface area contributed by atoms with E-state index in [-0.39, 0.29) is 33.5 Å². The standard InChI is InChI=1S/C15H20Cl2N2O2/c1-4-21-12-7-11(15(12,2)3)19-14(20)8-5-9(16)13(17)10(18)6-8/h5-6,11-12H,4,7,18H2,1-3H3,(H,19,20). The molecule has 6 heteroatoms. The fraction of sp³-hybridized carbons (Fsp3) is 0.533. The Balaban J connectivity index is 2.07. The van der Waals surface area contributed by atoms with Gasteiger partial charge in [-0.15, -0.1) is 0 Å². The molecule has 1 aliphatic carbocycles. The van der Waals surface area contributed by atoms with Crippen LogP contribution < -0.4 is 11.1 Å². The Morgan fingerprint density at radius 2 is 2.14 bits per heavy atom. The number of ether oxygens (including phenoxy) is 1. The number of amides is 1. The Morgan fingerprint density at radius 1 is 1.48 bits per heavy atom. The van der Waals surface area contributed by atoms with E-state index < -0.39 is 0 Å². The van der Waals surface area contributed by atoms with E-state index >= 15 is 0 Å². The number of carbonyl (C=O) groups excluding carboxylic acids is 1. The van der Waals surface area contributed by atoms with Gasteiger partial charge in [-0.25, -0.2) is 0 Å². The molecule has 0 radical (unpaired) electrons. The summed E-state index contributed by atoms with van der Waals surface area (Å²) in [6.45, 7) is 6.83. The van der Waals surface area contributed by atoms with Crippen LogP contribution in [0.2, 0.25) is 10.0 Å². The zero-order chi connectivity index (χ0) is 15.8. The van der Waals surface area contributed by atoms with Crippen LogP contribution in [0.15, 0.2) is 12.1 Å². The number of hydrogen-bond donors (Lipinski definition) is 2. The summed E-state index contributed by atoms with van der Waals surface area (Å²) in [6, 6.07) is 3.13. The van der Waals surface area contributed by atoms with E-state index in [1.54, 1.807) is 0 Å². The largest absolute Gasteiger partial charge is 0.397 e. The minimum Gasteiger partial charge on any atom is -0.397 e. The summed E-state index contributed by atoms with van der Waals surface area (Å²) in [5.41, 5.74) is 6.36. The lowest BCUT2D eigenvalue weighted by Crippen LogP contribution is -2.62. The molecule has 1 amide bonds. The van der Waals surface area contributed by atoms with Crippen LogP contribution in [0.5, 0.6) is 0 Å². The van der Waals surface area contributed by atoms with E-state index in [1.165, 1.54) is 12.1 Å². The van der Waals surface area contributed by atoms with Crippen molar-refractivity contribution in [3.05, 3.63) is 27.7 Å². The van der Waals surface area contributed by atoms with E-state index in [2.05, 4.69) is 19.2 Å². The summed E-state index contributed by atoms with van der Waals surface area (Å²) in [7, 11) is 0. The fourth-order valence-electron chi connectivity index (χ4n) is 2.60. The Hall–Kier alpha value is -0.970. The van der Waals surface area contributed by atoms with Crippen LogP contribution in [0.25, 0.3) is 0 Å². The maximum Gasteiger partial charge on any atom is 0.251 e. The summed E-state index contributed by atoms with van der Waals surface area (Å²) in [5.74, 6) is -0.201. The normalized spacial score (nSPS) is 23.5. The lowest BCUT2D eigenvalue weighted by molar-refractivity contribution is -0.111. The third-order valence-electron chi connectivity index (χ3n) is 4.17. The van der Waals surface area contributed by atoms with Crippen LogP contribution >= 0.6 is 23.2 Å². The predicted octanol–water partition coefficient (Wildman–Crippen LogP) is 3.51. The highest BCUT2D eigenvalue weighted by Gasteiger charge is 2.49. The van der Waals surface area contributed by atoms with Crippen LogP contribution in [-0.2, 0) is 4.74 Å². The van der Waals surface area contributed by atoms with E-state index in [1.807, 2.05) is 6.92 Å². The minimum absolute atomic E-state index is 0.0669. The van der Waals surface area contributed by atoms with E-state index in [4.69, 9.17) is 33.7 Å². The van der Waals surface area contributed by atoms with Gasteiger partial charge in [-0.05, 0) is 25.5 Å². The van der Waals surface area contributed by atoms with Crippen molar-refractivity contribution in [2.75, 3.05) is 12.3 Å². The first kappa shape index (κ1) is 16.4. The van der Waals surface area contributed by atoms with Gasteiger partial charge in [0.25, 0.3) is 5.91 Å². The topological polar surface area (TPSA) is 64.3 Å². The molecule has 1 aromatic carbocycles. The molecule has 4 nitrogen and oxygen atoms in total. The average molecular weight is 331 g/mol. The second-order valence-corrected chi connectivity index (χ2v) is 6.67. The molecular formula is C15H20Cl2N2O2. The van der Waals surface area contributed by atoms with Crippen molar-refractivity contribution in [3.63, 3.8) is 0 Å². The predicted molar refractivity (Wildman–Crippen MR) is 85.9 cm³/mol. The molecular weight excluding hydrogens is 311 g/mol. The van der Waals surface area contributed by atoms with Crippen LogP contribution in [0.3, 0.4) is 0 Å². The number of nitrogens with one attached hydrogen (secondary N) is 1. The summed E-state index contributed by atoms with van der Waals surface area (Å²) >= 11 is 11.8. The summed E-state index contributed by atoms with van der Waals surface area (Å²) < 4.78 is 5.65. The lowest BCUT2D eigenvalue weighted by atomic mass is 9.64. The Bertz CT molecular complexity index is 538. The van der Waals surface area contributed by atoms with Crippen molar-refractivity contribution in [2.24, 2.45) is 5.41 Å². The minimum atomic E-state index is -0.201. The molecule has 1 aliphatic rings. The highest BCUT2D eigenvalue weighted by molar-refractivity contribution is 6.43. The number of carbonyl (C=O) groups is 1. The number of hydrogen-bond acceptors (Lipinski definition) is 3. The van der Waals surface area contributed by atoms with Gasteiger partial charge >= 0.3 is 0 Å². The Morgan fingerprint density at radius 3 is 2.67 bits per heavy atom. The number of halogens is 2. The maximum absolute atomic E-state index is 12.3. The van der Waals surface area contributed by atoms with Gasteiger partial charge < -0.3 is 15.8 Å². The van der Waals surface area contributed by atoms with Crippen molar-refractivity contribution in [3.8, 4) is 0 Å². The SMILES string of the molecule is CCOC1CC(NC(=O)c2cc(N)c(Cl)c(Cl)c2)C1(C)C. The van der Waals surface area contributed by atoms with Crippen molar-refractivity contribution >= 4 is 34.8 Å². The number of benzene rings is 1. The van der Waals surface area contributed by atoms with Crippen molar-refractivity contribution in [1.29, 1.82) is 0 Å². The molecule has 0 saturated heterocycles. The first-order valence-electron chi connectivity index (χ1n) is 6.94. The number of nitrogen functional groups attached to an aromatic ring is 1. The molecule has 0 heterocycles. The average Bonchev–Trinajstić information content (AvgIpc) is 2.42. The molecule has 0 aliphatic heterocycles. The van der Waals surface area contributed by atoms with Crippen LogP contribution in [-0.4, -0.2) is 24.7 Å². The summed E-state index contributed by atoms with van der Waals surface area (Å²) in [4.78, 5) is 12.3. The van der Waals surface area contributed by atoms with E-state index in [0.29, 0.717) is 17.9 Å². The number of anilines is 1. The molecule has 3 N–H and O–H groups in total. The molecule has 1 fully saturated rings. The molecule has 1 aromatic rings. The molecule has 0 bridgehead atoms. The van der Waals surface area contributed by atoms with Crippen LogP contribution in [0, 0.1) is 5.41 Å². The molecule has 116 valence electrons. The first-order valence-corrected chi connectivity index (χ1v) is 7.70. The Labute approximate surface area is 134 Å². The lowest BCUT2D eigenvalue weighted by Gasteiger charge is -2.51.